The van der Waals surface area contributed by atoms with Crippen molar-refractivity contribution in [2.75, 3.05) is 19.6 Å². The van der Waals surface area contributed by atoms with Crippen molar-refractivity contribution in [1.82, 2.24) is 15.5 Å². The summed E-state index contributed by atoms with van der Waals surface area (Å²) in [4.78, 5) is 27.8. The van der Waals surface area contributed by atoms with E-state index in [1.165, 1.54) is 12.1 Å². The highest BCUT2D eigenvalue weighted by Crippen LogP contribution is 2.40. The molecule has 1 unspecified atom stereocenters. The second-order valence-electron chi connectivity index (χ2n) is 9.37. The lowest BCUT2D eigenvalue weighted by Crippen LogP contribution is -2.51. The SMILES string of the molecule is N#Cc1ccc(C(=O)NC(CCCN[C@@H]2C[C@H]2c2ccc(F)cc2)C(=O)N2CCC(O)CC2)cc1. The number of hydrogen-bond donors (Lipinski definition) is 3. The van der Waals surface area contributed by atoms with E-state index in [2.05, 4.69) is 10.6 Å². The van der Waals surface area contributed by atoms with Gasteiger partial charge in [0.15, 0.2) is 0 Å². The van der Waals surface area contributed by atoms with Gasteiger partial charge in [0, 0.05) is 30.6 Å². The molecule has 1 aliphatic carbocycles. The Morgan fingerprint density at radius 1 is 1.11 bits per heavy atom. The number of aliphatic hydroxyl groups is 1. The van der Waals surface area contributed by atoms with Crippen LogP contribution in [0.15, 0.2) is 48.5 Å². The third-order valence-electron chi connectivity index (χ3n) is 6.82. The van der Waals surface area contributed by atoms with Crippen LogP contribution in [-0.4, -0.2) is 59.6 Å². The number of carbonyl (C=O) groups excluding carboxylic acids is 2. The van der Waals surface area contributed by atoms with Gasteiger partial charge in [-0.25, -0.2) is 4.39 Å². The maximum Gasteiger partial charge on any atom is 0.251 e. The van der Waals surface area contributed by atoms with Crippen molar-refractivity contribution in [1.29, 1.82) is 5.26 Å². The zero-order valence-corrected chi connectivity index (χ0v) is 19.6. The minimum absolute atomic E-state index is 0.130. The van der Waals surface area contributed by atoms with E-state index in [1.807, 2.05) is 18.2 Å². The maximum absolute atomic E-state index is 13.2. The highest BCUT2D eigenvalue weighted by Gasteiger charge is 2.37. The molecule has 0 aromatic heterocycles. The van der Waals surface area contributed by atoms with Crippen molar-refractivity contribution in [3.05, 3.63) is 71.0 Å². The Labute approximate surface area is 204 Å². The molecule has 35 heavy (non-hydrogen) atoms. The molecule has 2 aliphatic rings. The maximum atomic E-state index is 13.2. The Morgan fingerprint density at radius 3 is 2.46 bits per heavy atom. The average molecular weight is 479 g/mol. The van der Waals surface area contributed by atoms with Gasteiger partial charge in [-0.2, -0.15) is 5.26 Å². The number of nitrogens with zero attached hydrogens (tertiary/aromatic N) is 2. The summed E-state index contributed by atoms with van der Waals surface area (Å²) in [5.41, 5.74) is 1.99. The van der Waals surface area contributed by atoms with E-state index in [4.69, 9.17) is 5.26 Å². The van der Waals surface area contributed by atoms with E-state index in [-0.39, 0.29) is 23.7 Å². The normalized spacial score (nSPS) is 20.7. The molecule has 3 atom stereocenters. The quantitative estimate of drug-likeness (QED) is 0.481. The van der Waals surface area contributed by atoms with Crippen LogP contribution in [0.5, 0.6) is 0 Å². The van der Waals surface area contributed by atoms with Gasteiger partial charge in [-0.3, -0.25) is 9.59 Å². The molecule has 1 heterocycles. The second kappa shape index (κ2) is 11.4. The molecule has 184 valence electrons. The van der Waals surface area contributed by atoms with Crippen LogP contribution in [-0.2, 0) is 4.79 Å². The number of benzene rings is 2. The van der Waals surface area contributed by atoms with Gasteiger partial charge in [0.05, 0.1) is 17.7 Å². The first-order chi connectivity index (χ1) is 16.9. The summed E-state index contributed by atoms with van der Waals surface area (Å²) in [5.74, 6) is -0.337. The highest BCUT2D eigenvalue weighted by atomic mass is 19.1. The van der Waals surface area contributed by atoms with Crippen LogP contribution in [0.25, 0.3) is 0 Å². The third kappa shape index (κ3) is 6.65. The Kier molecular flexibility index (Phi) is 8.11. The molecular weight excluding hydrogens is 447 g/mol. The molecular formula is C27H31FN4O3. The summed E-state index contributed by atoms with van der Waals surface area (Å²) in [6.07, 6.45) is 2.88. The van der Waals surface area contributed by atoms with E-state index in [0.29, 0.717) is 68.4 Å². The topological polar surface area (TPSA) is 105 Å². The van der Waals surface area contributed by atoms with Crippen molar-refractivity contribution in [3.8, 4) is 6.07 Å². The van der Waals surface area contributed by atoms with E-state index in [9.17, 15) is 19.1 Å². The smallest absolute Gasteiger partial charge is 0.251 e. The molecule has 1 saturated heterocycles. The first kappa shape index (κ1) is 24.8. The van der Waals surface area contributed by atoms with E-state index < -0.39 is 6.04 Å². The van der Waals surface area contributed by atoms with Gasteiger partial charge in [-0.1, -0.05) is 12.1 Å². The Balaban J connectivity index is 1.31. The Bertz CT molecular complexity index is 1060. The van der Waals surface area contributed by atoms with Crippen LogP contribution < -0.4 is 10.6 Å². The molecule has 2 amide bonds. The monoisotopic (exact) mass is 478 g/mol. The molecule has 1 aliphatic heterocycles. The lowest BCUT2D eigenvalue weighted by Gasteiger charge is -2.32. The predicted molar refractivity (Wildman–Crippen MR) is 129 cm³/mol. The Morgan fingerprint density at radius 2 is 1.80 bits per heavy atom. The summed E-state index contributed by atoms with van der Waals surface area (Å²) in [6, 6.07) is 14.6. The molecule has 1 saturated carbocycles. The number of nitrogens with one attached hydrogen (secondary N) is 2. The largest absolute Gasteiger partial charge is 0.393 e. The van der Waals surface area contributed by atoms with Crippen molar-refractivity contribution >= 4 is 11.8 Å². The van der Waals surface area contributed by atoms with Crippen LogP contribution in [0.4, 0.5) is 4.39 Å². The number of carbonyl (C=O) groups is 2. The summed E-state index contributed by atoms with van der Waals surface area (Å²) in [7, 11) is 0. The number of rotatable bonds is 9. The molecule has 7 nitrogen and oxygen atoms in total. The molecule has 2 aromatic rings. The standard InChI is InChI=1S/C27H31FN4O3/c28-21-9-7-19(8-10-21)23-16-25(23)30-13-1-2-24(27(35)32-14-11-22(33)12-15-32)31-26(34)20-5-3-18(17-29)4-6-20/h3-10,22-25,30,33H,1-2,11-16H2,(H,31,34)/t23-,24?,25+/m0/s1. The summed E-state index contributed by atoms with van der Waals surface area (Å²) in [5, 5.41) is 25.1. The number of piperidine rings is 1. The molecule has 4 rings (SSSR count). The highest BCUT2D eigenvalue weighted by molar-refractivity contribution is 5.97. The minimum Gasteiger partial charge on any atom is -0.393 e. The molecule has 0 bridgehead atoms. The fraction of sp³-hybridized carbons (Fsp3) is 0.444. The summed E-state index contributed by atoms with van der Waals surface area (Å²) < 4.78 is 13.1. The first-order valence-corrected chi connectivity index (χ1v) is 12.2. The first-order valence-electron chi connectivity index (χ1n) is 12.2. The van der Waals surface area contributed by atoms with Crippen LogP contribution >= 0.6 is 0 Å². The second-order valence-corrected chi connectivity index (χ2v) is 9.37. The van der Waals surface area contributed by atoms with Crippen molar-refractivity contribution in [2.45, 2.75) is 56.2 Å². The van der Waals surface area contributed by atoms with Crippen LogP contribution in [0.3, 0.4) is 0 Å². The molecule has 8 heteroatoms. The zero-order valence-electron chi connectivity index (χ0n) is 19.6. The van der Waals surface area contributed by atoms with Gasteiger partial charge in [-0.05, 0) is 80.6 Å². The van der Waals surface area contributed by atoms with Crippen LogP contribution in [0.1, 0.15) is 59.5 Å². The number of nitriles is 1. The average Bonchev–Trinajstić information content (AvgIpc) is 3.66. The van der Waals surface area contributed by atoms with Gasteiger partial charge in [0.2, 0.25) is 5.91 Å². The van der Waals surface area contributed by atoms with Crippen molar-refractivity contribution in [2.24, 2.45) is 0 Å². The molecule has 0 radical (unpaired) electrons. The van der Waals surface area contributed by atoms with E-state index >= 15 is 0 Å². The number of likely N-dealkylation sites (tertiary alicyclic amines) is 1. The summed E-state index contributed by atoms with van der Waals surface area (Å²) >= 11 is 0. The van der Waals surface area contributed by atoms with Crippen molar-refractivity contribution < 1.29 is 19.1 Å². The molecule has 0 spiro atoms. The number of aliphatic hydroxyl groups excluding tert-OH is 1. The minimum atomic E-state index is -0.665. The molecule has 3 N–H and O–H groups in total. The van der Waals surface area contributed by atoms with E-state index in [1.54, 1.807) is 29.2 Å². The van der Waals surface area contributed by atoms with Crippen LogP contribution in [0, 0.1) is 17.1 Å². The number of hydrogen-bond acceptors (Lipinski definition) is 5. The van der Waals surface area contributed by atoms with Gasteiger partial charge in [0.25, 0.3) is 5.91 Å². The van der Waals surface area contributed by atoms with Gasteiger partial charge in [-0.15, -0.1) is 0 Å². The van der Waals surface area contributed by atoms with Gasteiger partial charge >= 0.3 is 0 Å². The zero-order chi connectivity index (χ0) is 24.8. The van der Waals surface area contributed by atoms with E-state index in [0.717, 1.165) is 12.0 Å². The van der Waals surface area contributed by atoms with Gasteiger partial charge < -0.3 is 20.6 Å². The Hall–Kier alpha value is -3.28. The lowest BCUT2D eigenvalue weighted by atomic mass is 10.0. The fourth-order valence-corrected chi connectivity index (χ4v) is 4.59. The molecule has 2 aromatic carbocycles. The lowest BCUT2D eigenvalue weighted by molar-refractivity contribution is -0.135. The van der Waals surface area contributed by atoms with Crippen LogP contribution in [0.2, 0.25) is 0 Å². The number of amides is 2. The molecule has 2 fully saturated rings. The fourth-order valence-electron chi connectivity index (χ4n) is 4.59. The third-order valence-corrected chi connectivity index (χ3v) is 6.82. The predicted octanol–water partition coefficient (Wildman–Crippen LogP) is 2.70. The summed E-state index contributed by atoms with van der Waals surface area (Å²) in [6.45, 7) is 1.66. The number of halogens is 1. The van der Waals surface area contributed by atoms with Crippen molar-refractivity contribution in [3.63, 3.8) is 0 Å². The van der Waals surface area contributed by atoms with Gasteiger partial charge in [0.1, 0.15) is 11.9 Å².